The zero-order valence-corrected chi connectivity index (χ0v) is 12.5. The van der Waals surface area contributed by atoms with Gasteiger partial charge in [-0.05, 0) is 56.1 Å². The fraction of sp³-hybridized carbons (Fsp3) is 0. The molecule has 0 radical (unpaired) electrons. The monoisotopic (exact) mass is 374 g/mol. The third-order valence-electron chi connectivity index (χ3n) is 2.11. The molecule has 0 fully saturated rings. The number of nitrogens with two attached hydrogens (primary N) is 2. The molecule has 0 unspecified atom stereocenters. The zero-order valence-electron chi connectivity index (χ0n) is 8.54. The predicted molar refractivity (Wildman–Crippen MR) is 78.4 cm³/mol. The van der Waals surface area contributed by atoms with Gasteiger partial charge in [0, 0.05) is 21.4 Å². The molecule has 17 heavy (non-hydrogen) atoms. The van der Waals surface area contributed by atoms with Gasteiger partial charge >= 0.3 is 0 Å². The van der Waals surface area contributed by atoms with E-state index < -0.39 is 0 Å². The van der Waals surface area contributed by atoms with Gasteiger partial charge in [-0.1, -0.05) is 0 Å². The lowest BCUT2D eigenvalue weighted by molar-refractivity contribution is 0.104. The normalized spacial score (nSPS) is 10.5. The highest BCUT2D eigenvalue weighted by molar-refractivity contribution is 9.13. The topological polar surface area (TPSA) is 69.1 Å². The number of ketones is 1. The SMILES string of the molecule is Nc1cc(N)cc(C(=O)c2cc(Br)c(Br)s2)c1. The van der Waals surface area contributed by atoms with Crippen molar-refractivity contribution in [3.63, 3.8) is 0 Å². The summed E-state index contributed by atoms with van der Waals surface area (Å²) < 4.78 is 1.75. The number of carbonyl (C=O) groups excluding carboxylic acids is 1. The summed E-state index contributed by atoms with van der Waals surface area (Å²) in [5.74, 6) is -0.0830. The molecular weight excluding hydrogens is 368 g/mol. The van der Waals surface area contributed by atoms with Crippen LogP contribution in [0.25, 0.3) is 0 Å². The molecule has 0 aliphatic rings. The van der Waals surface area contributed by atoms with Gasteiger partial charge in [0.2, 0.25) is 5.78 Å². The Morgan fingerprint density at radius 1 is 1.06 bits per heavy atom. The summed E-state index contributed by atoms with van der Waals surface area (Å²) in [5, 5.41) is 0. The number of halogens is 2. The molecule has 1 aromatic heterocycles. The number of thiophene rings is 1. The number of carbonyl (C=O) groups is 1. The van der Waals surface area contributed by atoms with Gasteiger partial charge in [0.25, 0.3) is 0 Å². The molecule has 1 heterocycles. The maximum absolute atomic E-state index is 12.2. The van der Waals surface area contributed by atoms with E-state index in [0.717, 1.165) is 8.26 Å². The molecule has 0 aliphatic heterocycles. The van der Waals surface area contributed by atoms with E-state index in [9.17, 15) is 4.79 Å². The van der Waals surface area contributed by atoms with E-state index in [0.29, 0.717) is 21.8 Å². The first-order valence-electron chi connectivity index (χ1n) is 4.63. The van der Waals surface area contributed by atoms with Crippen LogP contribution in [0.2, 0.25) is 0 Å². The Bertz CT molecular complexity index is 555. The van der Waals surface area contributed by atoms with Crippen molar-refractivity contribution in [2.45, 2.75) is 0 Å². The first kappa shape index (κ1) is 12.6. The van der Waals surface area contributed by atoms with Crippen LogP contribution in [0, 0.1) is 0 Å². The van der Waals surface area contributed by atoms with Crippen LogP contribution < -0.4 is 11.5 Å². The van der Waals surface area contributed by atoms with Crippen molar-refractivity contribution in [1.82, 2.24) is 0 Å². The van der Waals surface area contributed by atoms with Crippen LogP contribution in [0.1, 0.15) is 15.2 Å². The van der Waals surface area contributed by atoms with Crippen LogP contribution in [0.3, 0.4) is 0 Å². The molecule has 0 bridgehead atoms. The van der Waals surface area contributed by atoms with Crippen molar-refractivity contribution in [2.24, 2.45) is 0 Å². The van der Waals surface area contributed by atoms with Gasteiger partial charge in [0.15, 0.2) is 0 Å². The van der Waals surface area contributed by atoms with Gasteiger partial charge in [0.05, 0.1) is 8.66 Å². The smallest absolute Gasteiger partial charge is 0.203 e. The molecular formula is C11H8Br2N2OS. The average Bonchev–Trinajstić information content (AvgIpc) is 2.57. The molecule has 6 heteroatoms. The molecule has 0 spiro atoms. The summed E-state index contributed by atoms with van der Waals surface area (Å²) in [4.78, 5) is 12.8. The minimum absolute atomic E-state index is 0.0830. The molecule has 0 saturated heterocycles. The van der Waals surface area contributed by atoms with Crippen molar-refractivity contribution in [1.29, 1.82) is 0 Å². The second kappa shape index (κ2) is 4.80. The minimum atomic E-state index is -0.0830. The van der Waals surface area contributed by atoms with Gasteiger partial charge in [-0.3, -0.25) is 4.79 Å². The summed E-state index contributed by atoms with van der Waals surface area (Å²) in [7, 11) is 0. The Kier molecular flexibility index (Phi) is 3.56. The van der Waals surface area contributed by atoms with E-state index in [2.05, 4.69) is 31.9 Å². The third kappa shape index (κ3) is 2.70. The maximum atomic E-state index is 12.2. The van der Waals surface area contributed by atoms with Gasteiger partial charge in [-0.25, -0.2) is 0 Å². The third-order valence-corrected chi connectivity index (χ3v) is 5.36. The molecule has 3 nitrogen and oxygen atoms in total. The van der Waals surface area contributed by atoms with Gasteiger partial charge < -0.3 is 11.5 Å². The lowest BCUT2D eigenvalue weighted by Gasteiger charge is -2.02. The Hall–Kier alpha value is -0.850. The highest BCUT2D eigenvalue weighted by Crippen LogP contribution is 2.33. The summed E-state index contributed by atoms with van der Waals surface area (Å²) in [6, 6.07) is 6.65. The summed E-state index contributed by atoms with van der Waals surface area (Å²) >= 11 is 8.07. The van der Waals surface area contributed by atoms with Crippen molar-refractivity contribution < 1.29 is 4.79 Å². The zero-order chi connectivity index (χ0) is 12.6. The maximum Gasteiger partial charge on any atom is 0.203 e. The molecule has 4 N–H and O–H groups in total. The number of hydrogen-bond donors (Lipinski definition) is 2. The Balaban J connectivity index is 2.43. The van der Waals surface area contributed by atoms with Crippen LogP contribution in [-0.4, -0.2) is 5.78 Å². The molecule has 0 amide bonds. The van der Waals surface area contributed by atoms with Gasteiger partial charge in [0.1, 0.15) is 0 Å². The quantitative estimate of drug-likeness (QED) is 0.621. The summed E-state index contributed by atoms with van der Waals surface area (Å²) in [6.45, 7) is 0. The lowest BCUT2D eigenvalue weighted by atomic mass is 10.1. The largest absolute Gasteiger partial charge is 0.399 e. The van der Waals surface area contributed by atoms with E-state index in [1.165, 1.54) is 11.3 Å². The highest BCUT2D eigenvalue weighted by Gasteiger charge is 2.14. The second-order valence-electron chi connectivity index (χ2n) is 3.45. The molecule has 0 saturated carbocycles. The van der Waals surface area contributed by atoms with Crippen molar-refractivity contribution in [3.05, 3.63) is 43.0 Å². The summed E-state index contributed by atoms with van der Waals surface area (Å²) in [5.41, 5.74) is 12.8. The van der Waals surface area contributed by atoms with Gasteiger partial charge in [-0.2, -0.15) is 0 Å². The minimum Gasteiger partial charge on any atom is -0.399 e. The van der Waals surface area contributed by atoms with E-state index in [-0.39, 0.29) is 5.78 Å². The van der Waals surface area contributed by atoms with Crippen LogP contribution in [0.15, 0.2) is 32.5 Å². The van der Waals surface area contributed by atoms with Crippen molar-refractivity contribution in [2.75, 3.05) is 11.5 Å². The summed E-state index contributed by atoms with van der Waals surface area (Å²) in [6.07, 6.45) is 0. The number of rotatable bonds is 2. The molecule has 1 aromatic carbocycles. The standard InChI is InChI=1S/C11H8Br2N2OS/c12-8-4-9(17-11(8)13)10(16)5-1-6(14)3-7(15)2-5/h1-4H,14-15H2. The average molecular weight is 376 g/mol. The number of nitrogen functional groups attached to an aromatic ring is 2. The molecule has 88 valence electrons. The predicted octanol–water partition coefficient (Wildman–Crippen LogP) is 3.67. The van der Waals surface area contributed by atoms with E-state index >= 15 is 0 Å². The Morgan fingerprint density at radius 2 is 1.65 bits per heavy atom. The Labute approximate surface area is 119 Å². The lowest BCUT2D eigenvalue weighted by Crippen LogP contribution is -2.01. The first-order valence-corrected chi connectivity index (χ1v) is 7.03. The van der Waals surface area contributed by atoms with Crippen molar-refractivity contribution >= 4 is 60.4 Å². The number of hydrogen-bond acceptors (Lipinski definition) is 4. The second-order valence-corrected chi connectivity index (χ2v) is 6.67. The fourth-order valence-corrected chi connectivity index (χ4v) is 3.41. The Morgan fingerprint density at radius 3 is 2.12 bits per heavy atom. The number of benzene rings is 1. The fourth-order valence-electron chi connectivity index (χ4n) is 1.41. The van der Waals surface area contributed by atoms with E-state index in [1.807, 2.05) is 0 Å². The van der Waals surface area contributed by atoms with Crippen LogP contribution in [-0.2, 0) is 0 Å². The number of anilines is 2. The first-order chi connectivity index (χ1) is 7.97. The van der Waals surface area contributed by atoms with E-state index in [1.54, 1.807) is 24.3 Å². The molecule has 2 aromatic rings. The van der Waals surface area contributed by atoms with Crippen LogP contribution in [0.5, 0.6) is 0 Å². The highest BCUT2D eigenvalue weighted by atomic mass is 79.9. The van der Waals surface area contributed by atoms with Crippen molar-refractivity contribution in [3.8, 4) is 0 Å². The molecule has 2 rings (SSSR count). The van der Waals surface area contributed by atoms with E-state index in [4.69, 9.17) is 11.5 Å². The van der Waals surface area contributed by atoms with Crippen LogP contribution >= 0.6 is 43.2 Å². The van der Waals surface area contributed by atoms with Crippen LogP contribution in [0.4, 0.5) is 11.4 Å². The molecule has 0 aliphatic carbocycles. The molecule has 0 atom stereocenters. The van der Waals surface area contributed by atoms with Gasteiger partial charge in [-0.15, -0.1) is 11.3 Å².